The predicted octanol–water partition coefficient (Wildman–Crippen LogP) is 2.73. The maximum Gasteiger partial charge on any atom is 0.354 e. The van der Waals surface area contributed by atoms with Gasteiger partial charge in [0.05, 0.1) is 13.2 Å². The number of esters is 1. The molecular formula is C16H21NO5. The van der Waals surface area contributed by atoms with Gasteiger partial charge in [-0.3, -0.25) is 0 Å². The van der Waals surface area contributed by atoms with Gasteiger partial charge in [-0.05, 0) is 38.1 Å². The van der Waals surface area contributed by atoms with Crippen LogP contribution in [0.15, 0.2) is 24.3 Å². The molecule has 1 heterocycles. The lowest BCUT2D eigenvalue weighted by molar-refractivity contribution is -0.115. The highest BCUT2D eigenvalue weighted by atomic mass is 16.7. The quantitative estimate of drug-likeness (QED) is 0.461. The Kier molecular flexibility index (Phi) is 5.80. The number of benzene rings is 1. The van der Waals surface area contributed by atoms with Crippen LogP contribution >= 0.6 is 0 Å². The molecule has 1 unspecified atom stereocenters. The van der Waals surface area contributed by atoms with E-state index in [0.717, 1.165) is 16.7 Å². The average Bonchev–Trinajstić information content (AvgIpc) is 2.94. The Morgan fingerprint density at radius 1 is 1.27 bits per heavy atom. The molecule has 0 bridgehead atoms. The first-order valence-corrected chi connectivity index (χ1v) is 7.21. The smallest absolute Gasteiger partial charge is 0.354 e. The Labute approximate surface area is 129 Å². The molecule has 1 N–H and O–H groups in total. The third-order valence-corrected chi connectivity index (χ3v) is 3.12. The van der Waals surface area contributed by atoms with E-state index in [4.69, 9.17) is 18.9 Å². The van der Waals surface area contributed by atoms with Crippen LogP contribution in [0.3, 0.4) is 0 Å². The Bertz CT molecular complexity index is 622. The van der Waals surface area contributed by atoms with Crippen LogP contribution in [0.4, 0.5) is 0 Å². The SMILES string of the molecule is CCOC(=O)c1cc2cc(OCCOC(C)OC)ccc2[nH]1. The molecule has 0 fully saturated rings. The standard InChI is InChI=1S/C16H21NO5/c1-4-20-16(18)15-10-12-9-13(5-6-14(12)17-15)22-8-7-21-11(2)19-3/h5-6,9-11,17H,4,7-8H2,1-3H3. The number of hydrogen-bond donors (Lipinski definition) is 1. The van der Waals surface area contributed by atoms with Gasteiger partial charge in [-0.15, -0.1) is 0 Å². The van der Waals surface area contributed by atoms with E-state index >= 15 is 0 Å². The number of carbonyl (C=O) groups is 1. The first-order valence-electron chi connectivity index (χ1n) is 7.21. The molecule has 120 valence electrons. The van der Waals surface area contributed by atoms with Crippen LogP contribution in [-0.4, -0.2) is 44.2 Å². The second kappa shape index (κ2) is 7.82. The largest absolute Gasteiger partial charge is 0.491 e. The van der Waals surface area contributed by atoms with Crippen molar-refractivity contribution in [1.29, 1.82) is 0 Å². The second-order valence-corrected chi connectivity index (χ2v) is 4.68. The summed E-state index contributed by atoms with van der Waals surface area (Å²) in [6.07, 6.45) is -0.247. The number of H-pyrrole nitrogens is 1. The molecule has 0 aliphatic carbocycles. The number of carbonyl (C=O) groups excluding carboxylic acids is 1. The van der Waals surface area contributed by atoms with Crippen LogP contribution < -0.4 is 4.74 Å². The normalized spacial score (nSPS) is 12.3. The Balaban J connectivity index is 1.96. The summed E-state index contributed by atoms with van der Waals surface area (Å²) < 4.78 is 20.9. The summed E-state index contributed by atoms with van der Waals surface area (Å²) in [7, 11) is 1.59. The fourth-order valence-corrected chi connectivity index (χ4v) is 1.96. The van der Waals surface area contributed by atoms with Crippen molar-refractivity contribution >= 4 is 16.9 Å². The molecule has 0 aliphatic rings. The molecule has 0 saturated carbocycles. The molecule has 0 aliphatic heterocycles. The molecule has 1 aromatic heterocycles. The van der Waals surface area contributed by atoms with Crippen LogP contribution in [0.1, 0.15) is 24.3 Å². The van der Waals surface area contributed by atoms with Gasteiger partial charge in [-0.25, -0.2) is 4.79 Å². The highest BCUT2D eigenvalue weighted by Crippen LogP contribution is 2.22. The number of hydrogen-bond acceptors (Lipinski definition) is 5. The molecule has 1 aromatic carbocycles. The number of fused-ring (bicyclic) bond motifs is 1. The van der Waals surface area contributed by atoms with Crippen molar-refractivity contribution in [3.8, 4) is 5.75 Å². The molecule has 22 heavy (non-hydrogen) atoms. The van der Waals surface area contributed by atoms with Crippen molar-refractivity contribution < 1.29 is 23.7 Å². The van der Waals surface area contributed by atoms with E-state index < -0.39 is 0 Å². The zero-order chi connectivity index (χ0) is 15.9. The van der Waals surface area contributed by atoms with Gasteiger partial charge in [0.2, 0.25) is 0 Å². The number of ether oxygens (including phenoxy) is 4. The van der Waals surface area contributed by atoms with E-state index in [0.29, 0.717) is 25.5 Å². The maximum absolute atomic E-state index is 11.7. The van der Waals surface area contributed by atoms with Gasteiger partial charge in [0.1, 0.15) is 18.1 Å². The topological polar surface area (TPSA) is 69.8 Å². The molecule has 1 atom stereocenters. The maximum atomic E-state index is 11.7. The minimum absolute atomic E-state index is 0.247. The molecular weight excluding hydrogens is 286 g/mol. The van der Waals surface area contributed by atoms with Gasteiger partial charge in [-0.2, -0.15) is 0 Å². The van der Waals surface area contributed by atoms with Crippen LogP contribution in [0.2, 0.25) is 0 Å². The number of aromatic amines is 1. The Hall–Kier alpha value is -2.05. The highest BCUT2D eigenvalue weighted by molar-refractivity contribution is 5.95. The van der Waals surface area contributed by atoms with Gasteiger partial charge < -0.3 is 23.9 Å². The molecule has 0 saturated heterocycles. The van der Waals surface area contributed by atoms with Gasteiger partial charge in [0, 0.05) is 18.0 Å². The van der Waals surface area contributed by atoms with Crippen molar-refractivity contribution in [3.05, 3.63) is 30.0 Å². The van der Waals surface area contributed by atoms with Crippen molar-refractivity contribution in [1.82, 2.24) is 4.98 Å². The zero-order valence-electron chi connectivity index (χ0n) is 13.0. The lowest BCUT2D eigenvalue weighted by Crippen LogP contribution is -2.15. The van der Waals surface area contributed by atoms with Crippen LogP contribution in [0.25, 0.3) is 10.9 Å². The lowest BCUT2D eigenvalue weighted by Gasteiger charge is -2.11. The Morgan fingerprint density at radius 2 is 2.09 bits per heavy atom. The molecule has 2 aromatic rings. The number of methoxy groups -OCH3 is 1. The van der Waals surface area contributed by atoms with E-state index in [2.05, 4.69) is 4.98 Å². The van der Waals surface area contributed by atoms with Gasteiger partial charge in [-0.1, -0.05) is 0 Å². The van der Waals surface area contributed by atoms with E-state index in [1.54, 1.807) is 20.1 Å². The van der Waals surface area contributed by atoms with Crippen molar-refractivity contribution in [3.63, 3.8) is 0 Å². The first-order chi connectivity index (χ1) is 10.6. The van der Waals surface area contributed by atoms with Crippen LogP contribution in [0, 0.1) is 0 Å². The molecule has 2 rings (SSSR count). The lowest BCUT2D eigenvalue weighted by atomic mass is 10.2. The van der Waals surface area contributed by atoms with E-state index in [1.807, 2.05) is 25.1 Å². The van der Waals surface area contributed by atoms with Crippen molar-refractivity contribution in [2.24, 2.45) is 0 Å². The third kappa shape index (κ3) is 4.22. The average molecular weight is 307 g/mol. The monoisotopic (exact) mass is 307 g/mol. The van der Waals surface area contributed by atoms with E-state index in [1.165, 1.54) is 0 Å². The fourth-order valence-electron chi connectivity index (χ4n) is 1.96. The van der Waals surface area contributed by atoms with Gasteiger partial charge in [0.15, 0.2) is 6.29 Å². The van der Waals surface area contributed by atoms with Crippen molar-refractivity contribution in [2.75, 3.05) is 26.9 Å². The summed E-state index contributed by atoms with van der Waals surface area (Å²) in [6.45, 7) is 4.81. The summed E-state index contributed by atoms with van der Waals surface area (Å²) in [5.74, 6) is 0.360. The summed E-state index contributed by atoms with van der Waals surface area (Å²) >= 11 is 0. The number of aromatic nitrogens is 1. The highest BCUT2D eigenvalue weighted by Gasteiger charge is 2.10. The van der Waals surface area contributed by atoms with Gasteiger partial charge >= 0.3 is 5.97 Å². The Morgan fingerprint density at radius 3 is 2.82 bits per heavy atom. The first kappa shape index (κ1) is 16.3. The summed E-state index contributed by atoms with van der Waals surface area (Å²) in [4.78, 5) is 14.7. The number of nitrogens with one attached hydrogen (secondary N) is 1. The van der Waals surface area contributed by atoms with E-state index in [9.17, 15) is 4.79 Å². The molecule has 0 radical (unpaired) electrons. The van der Waals surface area contributed by atoms with Crippen LogP contribution in [-0.2, 0) is 14.2 Å². The van der Waals surface area contributed by atoms with Crippen molar-refractivity contribution in [2.45, 2.75) is 20.1 Å². The molecule has 0 amide bonds. The minimum atomic E-state index is -0.358. The molecule has 6 nitrogen and oxygen atoms in total. The number of rotatable bonds is 8. The second-order valence-electron chi connectivity index (χ2n) is 4.68. The predicted molar refractivity (Wildman–Crippen MR) is 82.2 cm³/mol. The van der Waals surface area contributed by atoms with Gasteiger partial charge in [0.25, 0.3) is 0 Å². The summed E-state index contributed by atoms with van der Waals surface area (Å²) in [6, 6.07) is 7.33. The third-order valence-electron chi connectivity index (χ3n) is 3.12. The zero-order valence-corrected chi connectivity index (χ0v) is 13.0. The minimum Gasteiger partial charge on any atom is -0.491 e. The summed E-state index contributed by atoms with van der Waals surface area (Å²) in [5.41, 5.74) is 1.30. The van der Waals surface area contributed by atoms with E-state index in [-0.39, 0.29) is 12.3 Å². The van der Waals surface area contributed by atoms with Crippen LogP contribution in [0.5, 0.6) is 5.75 Å². The summed E-state index contributed by atoms with van der Waals surface area (Å²) in [5, 5.41) is 0.895. The fraction of sp³-hybridized carbons (Fsp3) is 0.438. The molecule has 0 spiro atoms. The molecule has 6 heteroatoms.